The summed E-state index contributed by atoms with van der Waals surface area (Å²) in [6.07, 6.45) is 2.94. The van der Waals surface area contributed by atoms with Crippen molar-refractivity contribution in [2.75, 3.05) is 11.8 Å². The van der Waals surface area contributed by atoms with E-state index >= 15 is 0 Å². The van der Waals surface area contributed by atoms with Gasteiger partial charge in [-0.3, -0.25) is 9.52 Å². The third kappa shape index (κ3) is 5.20. The molecule has 8 heteroatoms. The summed E-state index contributed by atoms with van der Waals surface area (Å²) in [6.45, 7) is 0. The van der Waals surface area contributed by atoms with Crippen molar-refractivity contribution in [1.82, 2.24) is 0 Å². The van der Waals surface area contributed by atoms with Crippen molar-refractivity contribution in [1.29, 1.82) is 0 Å². The predicted molar refractivity (Wildman–Crippen MR) is 117 cm³/mol. The fourth-order valence-electron chi connectivity index (χ4n) is 2.63. The normalized spacial score (nSPS) is 11.4. The Morgan fingerprint density at radius 2 is 1.80 bits per heavy atom. The molecule has 0 spiro atoms. The number of anilines is 1. The van der Waals surface area contributed by atoms with Gasteiger partial charge >= 0.3 is 0 Å². The summed E-state index contributed by atoms with van der Waals surface area (Å²) in [5.74, 6) is -0.0144. The lowest BCUT2D eigenvalue weighted by Gasteiger charge is -2.09. The van der Waals surface area contributed by atoms with Gasteiger partial charge in [0.15, 0.2) is 17.3 Å². The first-order valence-corrected chi connectivity index (χ1v) is 10.6. The van der Waals surface area contributed by atoms with Crippen LogP contribution in [0.15, 0.2) is 77.7 Å². The number of phenols is 1. The fourth-order valence-corrected chi connectivity index (χ4v) is 3.81. The number of ether oxygens (including phenoxy) is 1. The molecule has 0 radical (unpaired) electrons. The molecule has 0 saturated heterocycles. The van der Waals surface area contributed by atoms with Gasteiger partial charge in [-0.05, 0) is 60.2 Å². The second-order valence-electron chi connectivity index (χ2n) is 6.27. The third-order valence-electron chi connectivity index (χ3n) is 4.15. The molecule has 2 N–H and O–H groups in total. The van der Waals surface area contributed by atoms with Gasteiger partial charge in [-0.2, -0.15) is 0 Å². The number of allylic oxidation sites excluding steroid dienone is 1. The van der Waals surface area contributed by atoms with E-state index < -0.39 is 10.0 Å². The highest BCUT2D eigenvalue weighted by atomic mass is 35.5. The van der Waals surface area contributed by atoms with Crippen LogP contribution in [0, 0.1) is 0 Å². The Balaban J connectivity index is 1.77. The molecule has 0 bridgehead atoms. The Morgan fingerprint density at radius 1 is 1.07 bits per heavy atom. The Morgan fingerprint density at radius 3 is 2.50 bits per heavy atom. The van der Waals surface area contributed by atoms with Crippen LogP contribution in [-0.2, 0) is 10.0 Å². The van der Waals surface area contributed by atoms with Gasteiger partial charge in [0.25, 0.3) is 10.0 Å². The summed E-state index contributed by atoms with van der Waals surface area (Å²) in [4.78, 5) is 12.6. The highest BCUT2D eigenvalue weighted by molar-refractivity contribution is 7.92. The van der Waals surface area contributed by atoms with Gasteiger partial charge in [0.1, 0.15) is 0 Å². The number of phenolic OH excluding ortho intramolecular Hbond substituents is 1. The van der Waals surface area contributed by atoms with E-state index in [1.807, 2.05) is 0 Å². The van der Waals surface area contributed by atoms with Crippen LogP contribution in [-0.4, -0.2) is 26.4 Å². The van der Waals surface area contributed by atoms with Crippen LogP contribution in [0.4, 0.5) is 5.69 Å². The number of hydrogen-bond acceptors (Lipinski definition) is 5. The largest absolute Gasteiger partial charge is 0.504 e. The van der Waals surface area contributed by atoms with Crippen molar-refractivity contribution in [2.45, 2.75) is 4.90 Å². The summed E-state index contributed by atoms with van der Waals surface area (Å²) in [6, 6.07) is 16.6. The van der Waals surface area contributed by atoms with E-state index in [0.29, 0.717) is 21.9 Å². The van der Waals surface area contributed by atoms with Crippen LogP contribution in [0.5, 0.6) is 11.5 Å². The van der Waals surface area contributed by atoms with Crippen molar-refractivity contribution in [3.63, 3.8) is 0 Å². The molecule has 0 aliphatic heterocycles. The molecule has 3 aromatic rings. The molecule has 0 aliphatic rings. The number of aromatic hydroxyl groups is 1. The van der Waals surface area contributed by atoms with E-state index in [2.05, 4.69) is 4.72 Å². The Bertz CT molecular complexity index is 1200. The zero-order valence-corrected chi connectivity index (χ0v) is 17.4. The van der Waals surface area contributed by atoms with E-state index in [0.717, 1.165) is 0 Å². The fraction of sp³-hybridized carbons (Fsp3) is 0.0455. The molecule has 0 aromatic heterocycles. The lowest BCUT2D eigenvalue weighted by atomic mass is 10.1. The first-order valence-electron chi connectivity index (χ1n) is 8.76. The van der Waals surface area contributed by atoms with E-state index in [1.165, 1.54) is 49.6 Å². The number of sulfonamides is 1. The van der Waals surface area contributed by atoms with Gasteiger partial charge in [0.05, 0.1) is 12.0 Å². The number of methoxy groups -OCH3 is 1. The topological polar surface area (TPSA) is 92.7 Å². The summed E-state index contributed by atoms with van der Waals surface area (Å²) in [7, 11) is -2.38. The van der Waals surface area contributed by atoms with E-state index in [4.69, 9.17) is 16.3 Å². The Kier molecular flexibility index (Phi) is 6.44. The number of carbonyl (C=O) groups excluding carboxylic acids is 1. The van der Waals surface area contributed by atoms with Gasteiger partial charge < -0.3 is 9.84 Å². The SMILES string of the molecule is COc1cc(/C=C/C(=O)c2cccc(NS(=O)(=O)c3ccc(Cl)cc3)c2)ccc1O. The van der Waals surface area contributed by atoms with Crippen LogP contribution < -0.4 is 9.46 Å². The molecule has 30 heavy (non-hydrogen) atoms. The number of hydrogen-bond donors (Lipinski definition) is 2. The number of halogens is 1. The molecule has 0 amide bonds. The molecular weight excluding hydrogens is 426 g/mol. The first kappa shape index (κ1) is 21.4. The average molecular weight is 444 g/mol. The summed E-state index contributed by atoms with van der Waals surface area (Å²) >= 11 is 5.80. The van der Waals surface area contributed by atoms with Gasteiger partial charge in [0, 0.05) is 16.3 Å². The number of benzene rings is 3. The number of ketones is 1. The second-order valence-corrected chi connectivity index (χ2v) is 8.39. The zero-order chi connectivity index (χ0) is 21.7. The van der Waals surface area contributed by atoms with Crippen LogP contribution >= 0.6 is 11.6 Å². The number of carbonyl (C=O) groups is 1. The van der Waals surface area contributed by atoms with E-state index in [9.17, 15) is 18.3 Å². The maximum Gasteiger partial charge on any atom is 0.261 e. The lowest BCUT2D eigenvalue weighted by Crippen LogP contribution is -2.13. The molecule has 0 aliphatic carbocycles. The Hall–Kier alpha value is -3.29. The minimum Gasteiger partial charge on any atom is -0.504 e. The van der Waals surface area contributed by atoms with Crippen LogP contribution in [0.25, 0.3) is 6.08 Å². The molecule has 0 fully saturated rings. The Labute approximate surface area is 179 Å². The smallest absolute Gasteiger partial charge is 0.261 e. The maximum absolute atomic E-state index is 12.5. The van der Waals surface area contributed by atoms with Crippen LogP contribution in [0.2, 0.25) is 5.02 Å². The highest BCUT2D eigenvalue weighted by Crippen LogP contribution is 2.27. The van der Waals surface area contributed by atoms with Crippen LogP contribution in [0.1, 0.15) is 15.9 Å². The van der Waals surface area contributed by atoms with Crippen molar-refractivity contribution in [3.05, 3.63) is 89.0 Å². The molecule has 3 rings (SSSR count). The average Bonchev–Trinajstić information content (AvgIpc) is 2.73. The minimum absolute atomic E-state index is 0.00153. The predicted octanol–water partition coefficient (Wildman–Crippen LogP) is 4.75. The summed E-state index contributed by atoms with van der Waals surface area (Å²) < 4.78 is 32.5. The molecule has 154 valence electrons. The molecule has 0 atom stereocenters. The standard InChI is InChI=1S/C22H18ClNO5S/c1-29-22-13-15(6-12-21(22)26)5-11-20(25)16-3-2-4-18(14-16)24-30(27,28)19-9-7-17(23)8-10-19/h2-14,24,26H,1H3/b11-5+. The van der Waals surface area contributed by atoms with Gasteiger partial charge in [0.2, 0.25) is 0 Å². The molecule has 0 unspecified atom stereocenters. The van der Waals surface area contributed by atoms with Crippen molar-refractivity contribution < 1.29 is 23.1 Å². The zero-order valence-electron chi connectivity index (χ0n) is 15.9. The molecule has 0 heterocycles. The second kappa shape index (κ2) is 9.02. The minimum atomic E-state index is -3.82. The van der Waals surface area contributed by atoms with Gasteiger partial charge in [-0.25, -0.2) is 8.42 Å². The van der Waals surface area contributed by atoms with Crippen molar-refractivity contribution >= 4 is 39.2 Å². The molecule has 0 saturated carbocycles. The van der Waals surface area contributed by atoms with Crippen molar-refractivity contribution in [3.8, 4) is 11.5 Å². The number of rotatable bonds is 7. The van der Waals surface area contributed by atoms with Crippen LogP contribution in [0.3, 0.4) is 0 Å². The summed E-state index contributed by atoms with van der Waals surface area (Å²) in [5, 5.41) is 10.1. The van der Waals surface area contributed by atoms with E-state index in [1.54, 1.807) is 36.4 Å². The van der Waals surface area contributed by atoms with Gasteiger partial charge in [-0.1, -0.05) is 35.9 Å². The summed E-state index contributed by atoms with van der Waals surface area (Å²) in [5.41, 5.74) is 1.24. The lowest BCUT2D eigenvalue weighted by molar-refractivity contribution is 0.104. The monoisotopic (exact) mass is 443 g/mol. The van der Waals surface area contributed by atoms with Crippen molar-refractivity contribution in [2.24, 2.45) is 0 Å². The maximum atomic E-state index is 12.5. The number of nitrogens with one attached hydrogen (secondary N) is 1. The molecule has 6 nitrogen and oxygen atoms in total. The van der Waals surface area contributed by atoms with E-state index in [-0.39, 0.29) is 22.1 Å². The third-order valence-corrected chi connectivity index (χ3v) is 5.80. The quantitative estimate of drug-likeness (QED) is 0.406. The van der Waals surface area contributed by atoms with Gasteiger partial charge in [-0.15, -0.1) is 0 Å². The highest BCUT2D eigenvalue weighted by Gasteiger charge is 2.14. The molecular formula is C22H18ClNO5S. The molecule has 3 aromatic carbocycles. The first-order chi connectivity index (χ1) is 14.3.